The summed E-state index contributed by atoms with van der Waals surface area (Å²) in [5.74, 6) is 0.341. The van der Waals surface area contributed by atoms with Crippen molar-refractivity contribution in [2.45, 2.75) is 34.1 Å². The number of allylic oxidation sites excluding steroid dienone is 2. The highest BCUT2D eigenvalue weighted by Crippen LogP contribution is 2.06. The van der Waals surface area contributed by atoms with Gasteiger partial charge >= 0.3 is 0 Å². The van der Waals surface area contributed by atoms with Gasteiger partial charge in [0.05, 0.1) is 0 Å². The van der Waals surface area contributed by atoms with Crippen LogP contribution in [0.2, 0.25) is 0 Å². The Morgan fingerprint density at radius 2 is 2.00 bits per heavy atom. The molecule has 0 saturated carbocycles. The third-order valence-electron chi connectivity index (χ3n) is 1.73. The monoisotopic (exact) mass is 140 g/mol. The fourth-order valence-corrected chi connectivity index (χ4v) is 0.662. The van der Waals surface area contributed by atoms with Crippen molar-refractivity contribution in [3.8, 4) is 0 Å². The molecule has 0 bridgehead atoms. The van der Waals surface area contributed by atoms with Gasteiger partial charge < -0.3 is 0 Å². The lowest BCUT2D eigenvalue weighted by Gasteiger charge is -2.01. The van der Waals surface area contributed by atoms with Crippen LogP contribution in [0.15, 0.2) is 11.6 Å². The second-order valence-electron chi connectivity index (χ2n) is 2.77. The summed E-state index contributed by atoms with van der Waals surface area (Å²) in [7, 11) is 0. The van der Waals surface area contributed by atoms with Gasteiger partial charge in [0.1, 0.15) is 5.78 Å². The largest absolute Gasteiger partial charge is 0.299 e. The fourth-order valence-electron chi connectivity index (χ4n) is 0.662. The third-order valence-corrected chi connectivity index (χ3v) is 1.73. The van der Waals surface area contributed by atoms with Crippen LogP contribution in [0.5, 0.6) is 0 Å². The maximum atomic E-state index is 10.8. The highest BCUT2D eigenvalue weighted by atomic mass is 16.1. The van der Waals surface area contributed by atoms with Gasteiger partial charge in [-0.05, 0) is 20.3 Å². The standard InChI is InChI=1S/C9H16O/c1-5-7(2)6-8(3)9(4)10/h6,8H,5H2,1-4H3. The number of ketones is 1. The smallest absolute Gasteiger partial charge is 0.136 e. The molecule has 0 aliphatic heterocycles. The van der Waals surface area contributed by atoms with Crippen molar-refractivity contribution in [3.05, 3.63) is 11.6 Å². The number of rotatable bonds is 3. The van der Waals surface area contributed by atoms with Crippen LogP contribution < -0.4 is 0 Å². The Morgan fingerprint density at radius 1 is 1.50 bits per heavy atom. The van der Waals surface area contributed by atoms with Gasteiger partial charge in [0.25, 0.3) is 0 Å². The maximum Gasteiger partial charge on any atom is 0.136 e. The predicted molar refractivity (Wildman–Crippen MR) is 43.9 cm³/mol. The molecule has 0 aliphatic rings. The van der Waals surface area contributed by atoms with E-state index in [4.69, 9.17) is 0 Å². The lowest BCUT2D eigenvalue weighted by atomic mass is 10.0. The van der Waals surface area contributed by atoms with Gasteiger partial charge in [-0.15, -0.1) is 0 Å². The van der Waals surface area contributed by atoms with E-state index in [-0.39, 0.29) is 11.7 Å². The molecule has 1 atom stereocenters. The van der Waals surface area contributed by atoms with Crippen LogP contribution in [0, 0.1) is 5.92 Å². The molecule has 1 heteroatoms. The highest BCUT2D eigenvalue weighted by Gasteiger charge is 2.02. The van der Waals surface area contributed by atoms with Crippen molar-refractivity contribution < 1.29 is 4.79 Å². The van der Waals surface area contributed by atoms with Gasteiger partial charge in [-0.1, -0.05) is 25.5 Å². The molecule has 1 unspecified atom stereocenters. The van der Waals surface area contributed by atoms with Crippen molar-refractivity contribution in [1.82, 2.24) is 0 Å². The van der Waals surface area contributed by atoms with E-state index in [1.807, 2.05) is 13.0 Å². The quantitative estimate of drug-likeness (QED) is 0.551. The lowest BCUT2D eigenvalue weighted by molar-refractivity contribution is -0.118. The predicted octanol–water partition coefficient (Wildman–Crippen LogP) is 2.57. The van der Waals surface area contributed by atoms with E-state index in [0.29, 0.717) is 0 Å². The van der Waals surface area contributed by atoms with Crippen LogP contribution in [0.3, 0.4) is 0 Å². The van der Waals surface area contributed by atoms with Gasteiger partial charge in [0.2, 0.25) is 0 Å². The Balaban J connectivity index is 3.99. The molecule has 0 heterocycles. The molecule has 0 amide bonds. The van der Waals surface area contributed by atoms with Gasteiger partial charge in [-0.2, -0.15) is 0 Å². The summed E-state index contributed by atoms with van der Waals surface area (Å²) in [6, 6.07) is 0. The van der Waals surface area contributed by atoms with E-state index in [9.17, 15) is 4.79 Å². The molecule has 0 N–H and O–H groups in total. The molecule has 10 heavy (non-hydrogen) atoms. The van der Waals surface area contributed by atoms with E-state index in [1.165, 1.54) is 5.57 Å². The minimum atomic E-state index is 0.0972. The molecule has 0 spiro atoms. The molecule has 0 aromatic heterocycles. The van der Waals surface area contributed by atoms with Crippen LogP contribution in [-0.4, -0.2) is 5.78 Å². The summed E-state index contributed by atoms with van der Waals surface area (Å²) in [4.78, 5) is 10.8. The van der Waals surface area contributed by atoms with Gasteiger partial charge in [-0.3, -0.25) is 4.79 Å². The Bertz CT molecular complexity index is 145. The second kappa shape index (κ2) is 4.26. The SMILES string of the molecule is CCC(C)=CC(C)C(C)=O. The van der Waals surface area contributed by atoms with E-state index in [0.717, 1.165) is 6.42 Å². The molecule has 1 nitrogen and oxygen atoms in total. The number of hydrogen-bond donors (Lipinski definition) is 0. The highest BCUT2D eigenvalue weighted by molar-refractivity contribution is 5.79. The average Bonchev–Trinajstić information content (AvgIpc) is 1.87. The molecule has 0 saturated heterocycles. The van der Waals surface area contributed by atoms with Gasteiger partial charge in [0, 0.05) is 5.92 Å². The molecule has 0 radical (unpaired) electrons. The van der Waals surface area contributed by atoms with E-state index in [2.05, 4.69) is 13.8 Å². The Morgan fingerprint density at radius 3 is 2.30 bits per heavy atom. The first kappa shape index (κ1) is 9.41. The number of Topliss-reactive ketones (excluding diaryl/α,β-unsaturated/α-hetero) is 1. The van der Waals surface area contributed by atoms with Crippen molar-refractivity contribution >= 4 is 5.78 Å². The zero-order valence-corrected chi connectivity index (χ0v) is 7.27. The number of hydrogen-bond acceptors (Lipinski definition) is 1. The van der Waals surface area contributed by atoms with Gasteiger partial charge in [-0.25, -0.2) is 0 Å². The molecular weight excluding hydrogens is 124 g/mol. The van der Waals surface area contributed by atoms with Crippen molar-refractivity contribution in [3.63, 3.8) is 0 Å². The first-order valence-electron chi connectivity index (χ1n) is 3.75. The van der Waals surface area contributed by atoms with Crippen LogP contribution >= 0.6 is 0 Å². The number of carbonyl (C=O) groups excluding carboxylic acids is 1. The average molecular weight is 140 g/mol. The van der Waals surface area contributed by atoms with Crippen molar-refractivity contribution in [1.29, 1.82) is 0 Å². The molecule has 58 valence electrons. The minimum Gasteiger partial charge on any atom is -0.299 e. The molecule has 0 rings (SSSR count). The van der Waals surface area contributed by atoms with Crippen LogP contribution in [0.1, 0.15) is 34.1 Å². The maximum absolute atomic E-state index is 10.8. The summed E-state index contributed by atoms with van der Waals surface area (Å²) in [5, 5.41) is 0. The van der Waals surface area contributed by atoms with Crippen LogP contribution in [0.25, 0.3) is 0 Å². The van der Waals surface area contributed by atoms with E-state index >= 15 is 0 Å². The van der Waals surface area contributed by atoms with E-state index in [1.54, 1.807) is 6.92 Å². The first-order chi connectivity index (χ1) is 4.57. The Labute approximate surface area is 63.1 Å². The zero-order chi connectivity index (χ0) is 8.15. The Hall–Kier alpha value is -0.590. The minimum absolute atomic E-state index is 0.0972. The van der Waals surface area contributed by atoms with Crippen LogP contribution in [0.4, 0.5) is 0 Å². The summed E-state index contributed by atoms with van der Waals surface area (Å²) in [5.41, 5.74) is 1.29. The topological polar surface area (TPSA) is 17.1 Å². The van der Waals surface area contributed by atoms with Crippen molar-refractivity contribution in [2.75, 3.05) is 0 Å². The van der Waals surface area contributed by atoms with Crippen molar-refractivity contribution in [2.24, 2.45) is 5.92 Å². The molecule has 0 aromatic carbocycles. The van der Waals surface area contributed by atoms with E-state index < -0.39 is 0 Å². The molecule has 0 fully saturated rings. The molecule has 0 aliphatic carbocycles. The van der Waals surface area contributed by atoms with Crippen LogP contribution in [-0.2, 0) is 4.79 Å². The molecular formula is C9H16O. The number of carbonyl (C=O) groups is 1. The third kappa shape index (κ3) is 3.44. The summed E-state index contributed by atoms with van der Waals surface area (Å²) in [6.45, 7) is 7.71. The summed E-state index contributed by atoms with van der Waals surface area (Å²) < 4.78 is 0. The van der Waals surface area contributed by atoms with Gasteiger partial charge in [0.15, 0.2) is 0 Å². The fraction of sp³-hybridized carbons (Fsp3) is 0.667. The lowest BCUT2D eigenvalue weighted by Crippen LogP contribution is -2.02. The summed E-state index contributed by atoms with van der Waals surface area (Å²) in [6.07, 6.45) is 3.07. The summed E-state index contributed by atoms with van der Waals surface area (Å²) >= 11 is 0. The Kier molecular flexibility index (Phi) is 4.01. The first-order valence-corrected chi connectivity index (χ1v) is 3.75. The normalized spacial score (nSPS) is 15.0. The molecule has 0 aromatic rings. The zero-order valence-electron chi connectivity index (χ0n) is 7.27. The second-order valence-corrected chi connectivity index (χ2v) is 2.77.